The van der Waals surface area contributed by atoms with Gasteiger partial charge >= 0.3 is 0 Å². The van der Waals surface area contributed by atoms with Crippen LogP contribution in [-0.4, -0.2) is 32.7 Å². The van der Waals surface area contributed by atoms with Crippen molar-refractivity contribution >= 4 is 21.6 Å². The van der Waals surface area contributed by atoms with Gasteiger partial charge in [-0.2, -0.15) is 0 Å². The molecule has 0 aliphatic carbocycles. The molecular weight excluding hydrogens is 395 g/mol. The van der Waals surface area contributed by atoms with Crippen molar-refractivity contribution in [1.82, 2.24) is 5.32 Å². The first-order valence-electron chi connectivity index (χ1n) is 9.27. The van der Waals surface area contributed by atoms with Gasteiger partial charge < -0.3 is 10.1 Å². The summed E-state index contributed by atoms with van der Waals surface area (Å²) < 4.78 is 44.6. The Hall–Kier alpha value is -2.61. The minimum absolute atomic E-state index is 0.229. The molecule has 6 nitrogen and oxygen atoms in total. The van der Waals surface area contributed by atoms with Crippen LogP contribution in [0.2, 0.25) is 0 Å². The molecule has 0 saturated heterocycles. The lowest BCUT2D eigenvalue weighted by Crippen LogP contribution is -2.45. The van der Waals surface area contributed by atoms with E-state index in [1.54, 1.807) is 0 Å². The van der Waals surface area contributed by atoms with Crippen molar-refractivity contribution in [2.45, 2.75) is 38.8 Å². The van der Waals surface area contributed by atoms with E-state index in [9.17, 15) is 17.6 Å². The number of ether oxygens (including phenoxy) is 1. The lowest BCUT2D eigenvalue weighted by atomic mass is 9.89. The van der Waals surface area contributed by atoms with Gasteiger partial charge in [-0.05, 0) is 56.7 Å². The Balaban J connectivity index is 1.83. The van der Waals surface area contributed by atoms with Crippen LogP contribution in [0.3, 0.4) is 0 Å². The van der Waals surface area contributed by atoms with Crippen molar-refractivity contribution in [3.05, 3.63) is 59.4 Å². The molecule has 0 saturated carbocycles. The number of anilines is 1. The number of halogens is 1. The zero-order valence-corrected chi connectivity index (χ0v) is 17.7. The van der Waals surface area contributed by atoms with Gasteiger partial charge in [0.15, 0.2) is 0 Å². The molecule has 1 aliphatic heterocycles. The van der Waals surface area contributed by atoms with Crippen molar-refractivity contribution in [2.24, 2.45) is 0 Å². The molecule has 29 heavy (non-hydrogen) atoms. The third-order valence-electron chi connectivity index (χ3n) is 4.76. The van der Waals surface area contributed by atoms with Crippen molar-refractivity contribution in [3.63, 3.8) is 0 Å². The van der Waals surface area contributed by atoms with Crippen LogP contribution in [0.4, 0.5) is 10.1 Å². The zero-order chi connectivity index (χ0) is 21.4. The maximum atomic E-state index is 13.2. The third-order valence-corrected chi connectivity index (χ3v) is 5.90. The summed E-state index contributed by atoms with van der Waals surface area (Å²) in [5, 5.41) is 2.93. The normalized spacial score (nSPS) is 17.8. The fourth-order valence-corrected chi connectivity index (χ4v) is 4.32. The first kappa shape index (κ1) is 21.1. The summed E-state index contributed by atoms with van der Waals surface area (Å²) in [6.07, 6.45) is 1.56. The van der Waals surface area contributed by atoms with E-state index in [0.717, 1.165) is 33.8 Å². The number of hydrogen-bond acceptors (Lipinski definition) is 4. The second-order valence-electron chi connectivity index (χ2n) is 7.97. The Morgan fingerprint density at radius 2 is 1.90 bits per heavy atom. The topological polar surface area (TPSA) is 75.7 Å². The summed E-state index contributed by atoms with van der Waals surface area (Å²) in [5.74, 6) is -0.220. The Morgan fingerprint density at radius 1 is 1.24 bits per heavy atom. The predicted octanol–water partition coefficient (Wildman–Crippen LogP) is 3.32. The minimum atomic E-state index is -3.73. The first-order chi connectivity index (χ1) is 13.4. The van der Waals surface area contributed by atoms with Gasteiger partial charge in [0.1, 0.15) is 23.7 Å². The van der Waals surface area contributed by atoms with Crippen LogP contribution in [-0.2, 0) is 14.8 Å². The molecule has 1 unspecified atom stereocenters. The molecule has 0 bridgehead atoms. The van der Waals surface area contributed by atoms with Gasteiger partial charge in [-0.3, -0.25) is 9.10 Å². The Bertz CT molecular complexity index is 1020. The third kappa shape index (κ3) is 5.06. The molecule has 0 spiro atoms. The van der Waals surface area contributed by atoms with E-state index in [0.29, 0.717) is 12.2 Å². The van der Waals surface area contributed by atoms with Gasteiger partial charge in [0.05, 0.1) is 18.0 Å². The fourth-order valence-electron chi connectivity index (χ4n) is 3.47. The average Bonchev–Trinajstić information content (AvgIpc) is 2.58. The molecule has 0 aromatic heterocycles. The van der Waals surface area contributed by atoms with Crippen LogP contribution in [0, 0.1) is 12.7 Å². The lowest BCUT2D eigenvalue weighted by molar-refractivity contribution is -0.120. The van der Waals surface area contributed by atoms with E-state index < -0.39 is 33.9 Å². The Morgan fingerprint density at radius 3 is 2.52 bits per heavy atom. The molecule has 0 fully saturated rings. The van der Waals surface area contributed by atoms with E-state index in [-0.39, 0.29) is 11.7 Å². The van der Waals surface area contributed by atoms with Crippen molar-refractivity contribution < 1.29 is 22.3 Å². The van der Waals surface area contributed by atoms with Crippen LogP contribution in [0.5, 0.6) is 5.75 Å². The van der Waals surface area contributed by atoms with E-state index in [1.807, 2.05) is 39.0 Å². The van der Waals surface area contributed by atoms with Crippen molar-refractivity contribution in [1.29, 1.82) is 0 Å². The lowest BCUT2D eigenvalue weighted by Gasteiger charge is -2.38. The summed E-state index contributed by atoms with van der Waals surface area (Å²) in [5.41, 5.74) is 1.65. The van der Waals surface area contributed by atoms with Crippen molar-refractivity contribution in [2.75, 3.05) is 17.1 Å². The van der Waals surface area contributed by atoms with Crippen LogP contribution in [0.25, 0.3) is 0 Å². The highest BCUT2D eigenvalue weighted by atomic mass is 32.2. The number of sulfonamides is 1. The molecule has 8 heteroatoms. The van der Waals surface area contributed by atoms with Gasteiger partial charge in [0.25, 0.3) is 0 Å². The molecule has 2 aromatic rings. The smallest absolute Gasteiger partial charge is 0.241 e. The molecular formula is C21H25FN2O4S. The summed E-state index contributed by atoms with van der Waals surface area (Å²) >= 11 is 0. The number of aryl methyl sites for hydroxylation is 1. The number of carbonyl (C=O) groups excluding carboxylic acids is 1. The second-order valence-corrected chi connectivity index (χ2v) is 9.88. The molecule has 1 heterocycles. The van der Waals surface area contributed by atoms with Crippen LogP contribution in [0.15, 0.2) is 42.5 Å². The highest BCUT2D eigenvalue weighted by Gasteiger charge is 2.35. The van der Waals surface area contributed by atoms with E-state index >= 15 is 0 Å². The largest absolute Gasteiger partial charge is 0.487 e. The number of fused-ring (bicyclic) bond motifs is 1. The molecule has 1 aliphatic rings. The average molecular weight is 421 g/mol. The number of nitrogens with zero attached hydrogens (tertiary/aromatic N) is 1. The summed E-state index contributed by atoms with van der Waals surface area (Å²) in [7, 11) is -3.73. The molecule has 156 valence electrons. The molecule has 1 atom stereocenters. The highest BCUT2D eigenvalue weighted by Crippen LogP contribution is 2.39. The number of rotatable bonds is 5. The van der Waals surface area contributed by atoms with Gasteiger partial charge in [-0.1, -0.05) is 12.1 Å². The van der Waals surface area contributed by atoms with Gasteiger partial charge in [0.2, 0.25) is 15.9 Å². The fraction of sp³-hybridized carbons (Fsp3) is 0.381. The molecule has 0 radical (unpaired) electrons. The first-order valence-corrected chi connectivity index (χ1v) is 11.1. The van der Waals surface area contributed by atoms with E-state index in [4.69, 9.17) is 4.74 Å². The monoisotopic (exact) mass is 420 g/mol. The van der Waals surface area contributed by atoms with Crippen LogP contribution < -0.4 is 14.4 Å². The van der Waals surface area contributed by atoms with Gasteiger partial charge in [-0.15, -0.1) is 0 Å². The van der Waals surface area contributed by atoms with Gasteiger partial charge in [-0.25, -0.2) is 12.8 Å². The van der Waals surface area contributed by atoms with Crippen molar-refractivity contribution in [3.8, 4) is 5.75 Å². The number of hydrogen-bond donors (Lipinski definition) is 1. The Labute approximate surface area is 170 Å². The van der Waals surface area contributed by atoms with Gasteiger partial charge in [0, 0.05) is 12.0 Å². The second kappa shape index (κ2) is 7.67. The molecule has 2 aromatic carbocycles. The number of amides is 1. The van der Waals surface area contributed by atoms with Crippen LogP contribution in [0.1, 0.15) is 37.4 Å². The number of carbonyl (C=O) groups is 1. The number of benzene rings is 2. The summed E-state index contributed by atoms with van der Waals surface area (Å²) in [6, 6.07) is 10.5. The molecule has 1 N–H and O–H groups in total. The summed E-state index contributed by atoms with van der Waals surface area (Å²) in [6.45, 7) is 5.45. The quantitative estimate of drug-likeness (QED) is 0.805. The maximum Gasteiger partial charge on any atom is 0.241 e. The predicted molar refractivity (Wildman–Crippen MR) is 110 cm³/mol. The number of nitrogens with one attached hydrogen (secondary N) is 1. The Kier molecular flexibility index (Phi) is 5.58. The highest BCUT2D eigenvalue weighted by molar-refractivity contribution is 7.92. The minimum Gasteiger partial charge on any atom is -0.487 e. The standard InChI is InChI=1S/C21H25FN2O4S/c1-14-5-10-17-18(12-21(2,3)28-19(17)11-14)23-20(25)13-24(29(4,26)27)16-8-6-15(22)7-9-16/h5-11,18H,12-13H2,1-4H3,(H,23,25). The SMILES string of the molecule is Cc1ccc2c(c1)OC(C)(C)CC2NC(=O)CN(c1ccc(F)cc1)S(C)(=O)=O. The summed E-state index contributed by atoms with van der Waals surface area (Å²) in [4.78, 5) is 12.8. The van der Waals surface area contributed by atoms with E-state index in [2.05, 4.69) is 5.32 Å². The van der Waals surface area contributed by atoms with E-state index in [1.165, 1.54) is 12.1 Å². The maximum absolute atomic E-state index is 13.2. The zero-order valence-electron chi connectivity index (χ0n) is 16.9. The van der Waals surface area contributed by atoms with Crippen LogP contribution >= 0.6 is 0 Å². The molecule has 3 rings (SSSR count). The molecule has 1 amide bonds.